The standard InChI is InChI=1S/C46H62N8O8S/c1-28(2)54-36-20-14-18-32(35-26-47-34(25-48-35)29-15-12-13-16-29)38(36)50-42(54)61-31-23-37-39(55)51-46(41(57)52-63(59,60)45(6)21-22-45)24-30(46)17-10-8-7-9-11-19-33(40(56)53(37)27-31)49-43(58)62-44(3,4)5/h10,14,17-18,20,25-26,28-31,33,37H,7-9,11-13,15-16,19,21-24,27H2,1-6H3,(H,49,58)(H,51,55)(H,52,57)/b17-10-/t30-,31-,33+,37+,46-/m1/s1. The maximum atomic E-state index is 14.8. The minimum atomic E-state index is -4.01. The summed E-state index contributed by atoms with van der Waals surface area (Å²) < 4.78 is 42.1. The molecule has 0 spiro atoms. The van der Waals surface area contributed by atoms with Gasteiger partial charge in [0.1, 0.15) is 34.8 Å². The van der Waals surface area contributed by atoms with E-state index >= 15 is 0 Å². The molecule has 16 nitrogen and oxygen atoms in total. The van der Waals surface area contributed by atoms with Crippen molar-refractivity contribution in [3.63, 3.8) is 0 Å². The first-order valence-electron chi connectivity index (χ1n) is 22.7. The average molecular weight is 887 g/mol. The summed E-state index contributed by atoms with van der Waals surface area (Å²) in [5.41, 5.74) is 1.62. The van der Waals surface area contributed by atoms with Gasteiger partial charge in [0.2, 0.25) is 21.8 Å². The van der Waals surface area contributed by atoms with E-state index in [4.69, 9.17) is 24.4 Å². The average Bonchev–Trinajstić information content (AvgIpc) is 3.86. The number of carbonyl (C=O) groups is 4. The second-order valence-electron chi connectivity index (χ2n) is 19.7. The molecule has 2 aromatic heterocycles. The number of benzene rings is 1. The molecule has 4 amide bonds. The monoisotopic (exact) mass is 886 g/mol. The van der Waals surface area contributed by atoms with Gasteiger partial charge in [0.25, 0.3) is 11.9 Å². The van der Waals surface area contributed by atoms with E-state index in [1.165, 1.54) is 17.7 Å². The van der Waals surface area contributed by atoms with E-state index in [0.717, 1.165) is 42.5 Å². The molecule has 0 radical (unpaired) electrons. The minimum Gasteiger partial charge on any atom is -0.459 e. The number of rotatable bonds is 9. The molecule has 3 aliphatic carbocycles. The smallest absolute Gasteiger partial charge is 0.408 e. The molecule has 4 fully saturated rings. The van der Waals surface area contributed by atoms with Crippen LogP contribution in [0.5, 0.6) is 6.01 Å². The number of alkyl carbamates (subject to hydrolysis) is 1. The second kappa shape index (κ2) is 17.1. The molecule has 5 aliphatic rings. The Hall–Kier alpha value is -5.06. The van der Waals surface area contributed by atoms with Crippen molar-refractivity contribution < 1.29 is 37.1 Å². The van der Waals surface area contributed by atoms with E-state index in [2.05, 4.69) is 15.4 Å². The van der Waals surface area contributed by atoms with E-state index in [9.17, 15) is 27.6 Å². The molecule has 340 valence electrons. The highest BCUT2D eigenvalue weighted by Crippen LogP contribution is 2.48. The van der Waals surface area contributed by atoms with Crippen LogP contribution >= 0.6 is 0 Å². The van der Waals surface area contributed by atoms with E-state index in [1.807, 2.05) is 55.0 Å². The first kappa shape index (κ1) is 44.5. The molecule has 1 saturated heterocycles. The predicted molar refractivity (Wildman–Crippen MR) is 236 cm³/mol. The summed E-state index contributed by atoms with van der Waals surface area (Å²) in [6.45, 7) is 10.8. The molecule has 3 aromatic rings. The number of amides is 4. The third-order valence-corrected chi connectivity index (χ3v) is 15.5. The van der Waals surface area contributed by atoms with Crippen LogP contribution in [0.3, 0.4) is 0 Å². The molecule has 8 rings (SSSR count). The molecular weight excluding hydrogens is 825 g/mol. The van der Waals surface area contributed by atoms with Crippen LogP contribution in [0.4, 0.5) is 4.79 Å². The summed E-state index contributed by atoms with van der Waals surface area (Å²) in [4.78, 5) is 72.7. The predicted octanol–water partition coefficient (Wildman–Crippen LogP) is 6.37. The lowest BCUT2D eigenvalue weighted by Crippen LogP contribution is -2.58. The normalized spacial score (nSPS) is 27.1. The fourth-order valence-corrected chi connectivity index (χ4v) is 10.7. The third-order valence-electron chi connectivity index (χ3n) is 13.4. The van der Waals surface area contributed by atoms with Crippen molar-refractivity contribution in [3.8, 4) is 17.3 Å². The number of nitrogens with one attached hydrogen (secondary N) is 3. The van der Waals surface area contributed by atoms with Crippen LogP contribution in [-0.2, 0) is 29.1 Å². The molecule has 3 saturated carbocycles. The summed E-state index contributed by atoms with van der Waals surface area (Å²) in [7, 11) is -4.01. The summed E-state index contributed by atoms with van der Waals surface area (Å²) in [5.74, 6) is -1.93. The maximum Gasteiger partial charge on any atom is 0.408 e. The Labute approximate surface area is 369 Å². The van der Waals surface area contributed by atoms with Gasteiger partial charge >= 0.3 is 6.09 Å². The lowest BCUT2D eigenvalue weighted by molar-refractivity contribution is -0.141. The van der Waals surface area contributed by atoms with Crippen LogP contribution in [0.2, 0.25) is 0 Å². The van der Waals surface area contributed by atoms with Gasteiger partial charge in [0, 0.05) is 36.1 Å². The molecule has 0 unspecified atom stereocenters. The van der Waals surface area contributed by atoms with Gasteiger partial charge in [0.15, 0.2) is 0 Å². The largest absolute Gasteiger partial charge is 0.459 e. The van der Waals surface area contributed by atoms with Crippen molar-refractivity contribution in [1.82, 2.24) is 39.8 Å². The van der Waals surface area contributed by atoms with Crippen molar-refractivity contribution in [2.75, 3.05) is 6.54 Å². The number of ether oxygens (including phenoxy) is 2. The van der Waals surface area contributed by atoms with Crippen LogP contribution in [-0.4, -0.2) is 97.3 Å². The van der Waals surface area contributed by atoms with E-state index in [-0.39, 0.29) is 25.4 Å². The highest BCUT2D eigenvalue weighted by atomic mass is 32.2. The van der Waals surface area contributed by atoms with Gasteiger partial charge in [-0.3, -0.25) is 33.6 Å². The zero-order valence-electron chi connectivity index (χ0n) is 37.3. The molecule has 63 heavy (non-hydrogen) atoms. The fourth-order valence-electron chi connectivity index (χ4n) is 9.34. The zero-order valence-corrected chi connectivity index (χ0v) is 38.1. The van der Waals surface area contributed by atoms with Crippen LogP contribution < -0.4 is 20.1 Å². The van der Waals surface area contributed by atoms with Crippen LogP contribution in [0.1, 0.15) is 143 Å². The number of allylic oxidation sites excluding steroid dienone is 1. The van der Waals surface area contributed by atoms with Gasteiger partial charge in [-0.15, -0.1) is 0 Å². The van der Waals surface area contributed by atoms with E-state index < -0.39 is 73.8 Å². The Morgan fingerprint density at radius 3 is 2.43 bits per heavy atom. The molecule has 4 heterocycles. The summed E-state index contributed by atoms with van der Waals surface area (Å²) in [6.07, 6.45) is 14.9. The number of hydrogen-bond donors (Lipinski definition) is 3. The first-order valence-corrected chi connectivity index (χ1v) is 24.2. The number of imidazole rings is 1. The van der Waals surface area contributed by atoms with Crippen molar-refractivity contribution in [3.05, 3.63) is 48.4 Å². The number of hydrogen-bond acceptors (Lipinski definition) is 11. The molecule has 2 aliphatic heterocycles. The van der Waals surface area contributed by atoms with Crippen molar-refractivity contribution in [2.24, 2.45) is 5.92 Å². The summed E-state index contributed by atoms with van der Waals surface area (Å²) in [6, 6.07) is 3.93. The van der Waals surface area contributed by atoms with Crippen molar-refractivity contribution >= 4 is 44.9 Å². The van der Waals surface area contributed by atoms with Crippen molar-refractivity contribution in [1.29, 1.82) is 0 Å². The minimum absolute atomic E-state index is 0.0268. The number of fused-ring (bicyclic) bond motifs is 3. The quantitative estimate of drug-likeness (QED) is 0.202. The summed E-state index contributed by atoms with van der Waals surface area (Å²) in [5, 5.41) is 5.71. The number of sulfonamides is 1. The Balaban J connectivity index is 1.11. The van der Waals surface area contributed by atoms with E-state index in [1.54, 1.807) is 33.9 Å². The van der Waals surface area contributed by atoms with Gasteiger partial charge in [-0.1, -0.05) is 50.0 Å². The van der Waals surface area contributed by atoms with Gasteiger partial charge < -0.3 is 25.0 Å². The number of para-hydroxylation sites is 1. The zero-order chi connectivity index (χ0) is 44.9. The number of carbonyl (C=O) groups excluding carboxylic acids is 4. The van der Waals surface area contributed by atoms with E-state index in [0.29, 0.717) is 55.2 Å². The Morgan fingerprint density at radius 2 is 1.75 bits per heavy atom. The lowest BCUT2D eigenvalue weighted by Gasteiger charge is -2.30. The van der Waals surface area contributed by atoms with Crippen molar-refractivity contribution in [2.45, 2.75) is 171 Å². The summed E-state index contributed by atoms with van der Waals surface area (Å²) >= 11 is 0. The van der Waals surface area contributed by atoms with Gasteiger partial charge in [-0.05, 0) is 99.0 Å². The second-order valence-corrected chi connectivity index (χ2v) is 21.9. The van der Waals surface area contributed by atoms with Crippen LogP contribution in [0, 0.1) is 5.92 Å². The number of aromatic nitrogens is 4. The van der Waals surface area contributed by atoms with Gasteiger partial charge in [-0.25, -0.2) is 13.2 Å². The molecule has 5 atom stereocenters. The molecule has 3 N–H and O–H groups in total. The molecule has 0 bridgehead atoms. The highest BCUT2D eigenvalue weighted by molar-refractivity contribution is 7.91. The number of nitrogens with zero attached hydrogens (tertiary/aromatic N) is 5. The highest BCUT2D eigenvalue weighted by Gasteiger charge is 2.63. The SMILES string of the molecule is CC(C)n1c(O[C@@H]2C[C@H]3C(=O)N[C@]4(C(=O)NS(=O)(=O)C5(C)CC5)C[C@H]4/C=C\CCCCC[C@H](NC(=O)OC(C)(C)C)C(=O)N3C2)nc2c(-c3cnc(C4CCCC4)cn3)cccc21. The van der Waals surface area contributed by atoms with Gasteiger partial charge in [0.05, 0.1) is 34.4 Å². The molecule has 17 heteroatoms. The van der Waals surface area contributed by atoms with Gasteiger partial charge in [-0.2, -0.15) is 4.98 Å². The third kappa shape index (κ3) is 9.30. The lowest BCUT2D eigenvalue weighted by atomic mass is 10.0. The molecular formula is C46H62N8O8S. The van der Waals surface area contributed by atoms with Crippen LogP contribution in [0.15, 0.2) is 42.7 Å². The van der Waals surface area contributed by atoms with Crippen LogP contribution in [0.25, 0.3) is 22.3 Å². The Kier molecular flexibility index (Phi) is 12.1. The fraction of sp³-hybridized carbons (Fsp3) is 0.630. The Morgan fingerprint density at radius 1 is 1.00 bits per heavy atom. The molecule has 1 aromatic carbocycles. The first-order chi connectivity index (χ1) is 29.9. The topological polar surface area (TPSA) is 204 Å². The Bertz CT molecular complexity index is 2380. The maximum absolute atomic E-state index is 14.8.